The monoisotopic (exact) mass is 401 g/mol. The molecule has 1 aromatic heterocycles. The first-order valence-corrected chi connectivity index (χ1v) is 11.2. The number of nitrogens with zero attached hydrogens (tertiary/aromatic N) is 4. The molecule has 0 radical (unpaired) electrons. The number of anilines is 1. The molecule has 3 fully saturated rings. The van der Waals surface area contributed by atoms with Crippen LogP contribution in [-0.4, -0.2) is 77.7 Å². The Bertz CT molecular complexity index is 668. The summed E-state index contributed by atoms with van der Waals surface area (Å²) in [5, 5.41) is 3.26. The average Bonchev–Trinajstić information content (AvgIpc) is 3.54. The van der Waals surface area contributed by atoms with Gasteiger partial charge in [0.25, 0.3) is 0 Å². The van der Waals surface area contributed by atoms with Crippen LogP contribution in [0.25, 0.3) is 0 Å². The van der Waals surface area contributed by atoms with Gasteiger partial charge in [-0.3, -0.25) is 4.79 Å². The molecule has 1 amide bonds. The summed E-state index contributed by atoms with van der Waals surface area (Å²) in [4.78, 5) is 25.7. The lowest BCUT2D eigenvalue weighted by Crippen LogP contribution is -2.51. The molecule has 3 heterocycles. The second kappa shape index (κ2) is 9.39. The van der Waals surface area contributed by atoms with E-state index in [-0.39, 0.29) is 18.6 Å². The molecule has 1 aromatic rings. The number of ether oxygens (including phenoxy) is 1. The molecule has 160 valence electrons. The summed E-state index contributed by atoms with van der Waals surface area (Å²) in [7, 11) is 0. The minimum Gasteiger partial charge on any atom is -0.365 e. The Hall–Kier alpha value is -1.73. The minimum atomic E-state index is -0.0176. The van der Waals surface area contributed by atoms with Gasteiger partial charge < -0.3 is 19.9 Å². The van der Waals surface area contributed by atoms with Crippen LogP contribution >= 0.6 is 0 Å². The van der Waals surface area contributed by atoms with Crippen molar-refractivity contribution in [1.82, 2.24) is 19.8 Å². The Morgan fingerprint density at radius 2 is 1.79 bits per heavy atom. The number of hydrogen-bond acceptors (Lipinski definition) is 6. The largest absolute Gasteiger partial charge is 0.365 e. The molecule has 7 nitrogen and oxygen atoms in total. The highest BCUT2D eigenvalue weighted by molar-refractivity contribution is 5.78. The van der Waals surface area contributed by atoms with Crippen LogP contribution in [0.4, 0.5) is 5.95 Å². The third-order valence-electron chi connectivity index (χ3n) is 6.44. The third kappa shape index (κ3) is 5.89. The number of likely N-dealkylation sites (tertiary alicyclic amines) is 1. The lowest BCUT2D eigenvalue weighted by molar-refractivity contribution is -0.149. The maximum Gasteiger partial charge on any atom is 0.248 e. The van der Waals surface area contributed by atoms with Crippen molar-refractivity contribution in [3.05, 3.63) is 18.0 Å². The van der Waals surface area contributed by atoms with Crippen molar-refractivity contribution in [3.8, 4) is 0 Å². The summed E-state index contributed by atoms with van der Waals surface area (Å²) in [6.45, 7) is 10.2. The predicted octanol–water partition coefficient (Wildman–Crippen LogP) is 2.36. The third-order valence-corrected chi connectivity index (χ3v) is 6.44. The minimum absolute atomic E-state index is 0.0176. The van der Waals surface area contributed by atoms with Crippen molar-refractivity contribution >= 4 is 11.9 Å². The second-order valence-electron chi connectivity index (χ2n) is 9.29. The number of carbonyl (C=O) groups is 1. The van der Waals surface area contributed by atoms with Crippen molar-refractivity contribution in [2.45, 2.75) is 51.6 Å². The molecule has 1 N–H and O–H groups in total. The van der Waals surface area contributed by atoms with E-state index in [2.05, 4.69) is 34.0 Å². The van der Waals surface area contributed by atoms with Gasteiger partial charge in [0.1, 0.15) is 6.61 Å². The van der Waals surface area contributed by atoms with E-state index in [1.807, 2.05) is 17.3 Å². The molecule has 0 aromatic carbocycles. The van der Waals surface area contributed by atoms with E-state index in [9.17, 15) is 4.79 Å². The Morgan fingerprint density at radius 3 is 2.45 bits per heavy atom. The van der Waals surface area contributed by atoms with Crippen molar-refractivity contribution < 1.29 is 9.53 Å². The van der Waals surface area contributed by atoms with E-state index in [4.69, 9.17) is 4.74 Å². The van der Waals surface area contributed by atoms with Gasteiger partial charge in [0.2, 0.25) is 11.9 Å². The predicted molar refractivity (Wildman–Crippen MR) is 113 cm³/mol. The highest BCUT2D eigenvalue weighted by Gasteiger charge is 2.31. The molecular formula is C22H35N5O2. The molecule has 0 bridgehead atoms. The Balaban J connectivity index is 1.21. The summed E-state index contributed by atoms with van der Waals surface area (Å²) >= 11 is 0. The molecule has 1 atom stereocenters. The smallest absolute Gasteiger partial charge is 0.248 e. The van der Waals surface area contributed by atoms with E-state index >= 15 is 0 Å². The topological polar surface area (TPSA) is 70.6 Å². The molecule has 0 spiro atoms. The fourth-order valence-electron chi connectivity index (χ4n) is 4.24. The second-order valence-corrected chi connectivity index (χ2v) is 9.29. The van der Waals surface area contributed by atoms with Crippen molar-refractivity contribution in [2.24, 2.45) is 11.8 Å². The van der Waals surface area contributed by atoms with Gasteiger partial charge >= 0.3 is 0 Å². The zero-order valence-electron chi connectivity index (χ0n) is 17.8. The van der Waals surface area contributed by atoms with Crippen LogP contribution in [0.5, 0.6) is 0 Å². The number of aromatic nitrogens is 2. The highest BCUT2D eigenvalue weighted by atomic mass is 16.5. The summed E-state index contributed by atoms with van der Waals surface area (Å²) in [6.07, 6.45) is 8.97. The molecule has 1 saturated carbocycles. The van der Waals surface area contributed by atoms with Gasteiger partial charge in [-0.05, 0) is 62.1 Å². The lowest BCUT2D eigenvalue weighted by atomic mass is 9.95. The fraction of sp³-hybridized carbons (Fsp3) is 0.773. The Kier molecular flexibility index (Phi) is 6.65. The zero-order valence-corrected chi connectivity index (χ0v) is 17.8. The Labute approximate surface area is 174 Å². The van der Waals surface area contributed by atoms with E-state index in [1.165, 1.54) is 45.3 Å². The van der Waals surface area contributed by atoms with E-state index in [0.717, 1.165) is 18.0 Å². The molecule has 3 aliphatic rings. The van der Waals surface area contributed by atoms with Gasteiger partial charge in [0.15, 0.2) is 0 Å². The summed E-state index contributed by atoms with van der Waals surface area (Å²) in [6, 6.07) is 0. The standard InChI is InChI=1S/C22H35N5O2/c1-16(2)19-9-23-22(24-10-19)25-11-20-14-27(21(28)15-29-20)13-18-5-7-26(8-6-18)12-17-3-4-17/h9-10,16-18,20H,3-8,11-15H2,1-2H3,(H,23,24,25)/t20-/m0/s1. The van der Waals surface area contributed by atoms with E-state index in [0.29, 0.717) is 30.9 Å². The van der Waals surface area contributed by atoms with Gasteiger partial charge in [0.05, 0.1) is 6.10 Å². The fourth-order valence-corrected chi connectivity index (χ4v) is 4.24. The number of carbonyl (C=O) groups excluding carboxylic acids is 1. The normalized spacial score (nSPS) is 24.3. The van der Waals surface area contributed by atoms with Crippen molar-refractivity contribution in [1.29, 1.82) is 0 Å². The number of rotatable bonds is 8. The van der Waals surface area contributed by atoms with Gasteiger partial charge in [-0.1, -0.05) is 13.8 Å². The summed E-state index contributed by atoms with van der Waals surface area (Å²) in [5.74, 6) is 2.74. The van der Waals surface area contributed by atoms with Crippen LogP contribution in [-0.2, 0) is 9.53 Å². The van der Waals surface area contributed by atoms with Crippen molar-refractivity contribution in [3.63, 3.8) is 0 Å². The highest BCUT2D eigenvalue weighted by Crippen LogP contribution is 2.31. The van der Waals surface area contributed by atoms with Gasteiger partial charge in [-0.2, -0.15) is 0 Å². The van der Waals surface area contributed by atoms with Crippen LogP contribution in [0.3, 0.4) is 0 Å². The molecule has 29 heavy (non-hydrogen) atoms. The first kappa shape index (κ1) is 20.5. The van der Waals surface area contributed by atoms with E-state index < -0.39 is 0 Å². The van der Waals surface area contributed by atoms with Crippen LogP contribution in [0.2, 0.25) is 0 Å². The zero-order chi connectivity index (χ0) is 20.2. The maximum absolute atomic E-state index is 12.4. The first-order valence-electron chi connectivity index (χ1n) is 11.2. The number of piperidine rings is 1. The molecule has 1 aliphatic carbocycles. The summed E-state index contributed by atoms with van der Waals surface area (Å²) in [5.41, 5.74) is 1.13. The summed E-state index contributed by atoms with van der Waals surface area (Å²) < 4.78 is 5.74. The molecule has 7 heteroatoms. The molecule has 2 aliphatic heterocycles. The van der Waals surface area contributed by atoms with Crippen LogP contribution in [0, 0.1) is 11.8 Å². The molecular weight excluding hydrogens is 366 g/mol. The van der Waals surface area contributed by atoms with Crippen LogP contribution < -0.4 is 5.32 Å². The van der Waals surface area contributed by atoms with Crippen LogP contribution in [0.15, 0.2) is 12.4 Å². The average molecular weight is 402 g/mol. The molecule has 0 unspecified atom stereocenters. The number of amides is 1. The van der Waals surface area contributed by atoms with E-state index in [1.54, 1.807) is 0 Å². The van der Waals surface area contributed by atoms with Gasteiger partial charge in [-0.25, -0.2) is 9.97 Å². The maximum atomic E-state index is 12.4. The number of nitrogens with one attached hydrogen (secondary N) is 1. The van der Waals surface area contributed by atoms with Gasteiger partial charge in [-0.15, -0.1) is 0 Å². The van der Waals surface area contributed by atoms with Gasteiger partial charge in [0, 0.05) is 38.6 Å². The Morgan fingerprint density at radius 1 is 1.10 bits per heavy atom. The quantitative estimate of drug-likeness (QED) is 0.721. The first-order chi connectivity index (χ1) is 14.1. The number of hydrogen-bond donors (Lipinski definition) is 1. The van der Waals surface area contributed by atoms with Crippen molar-refractivity contribution in [2.75, 3.05) is 51.2 Å². The number of morpholine rings is 1. The SMILES string of the molecule is CC(C)c1cnc(NC[C@H]2CN(CC3CCN(CC4CC4)CC3)C(=O)CO2)nc1. The molecule has 2 saturated heterocycles. The molecule has 4 rings (SSSR count). The van der Waals surface area contributed by atoms with Crippen LogP contribution in [0.1, 0.15) is 51.0 Å². The lowest BCUT2D eigenvalue weighted by Gasteiger charge is -2.38.